The molecule has 100 heavy (non-hydrogen) atoms. The number of rotatable bonds is 29. The molecule has 19 nitrogen and oxygen atoms in total. The maximum Gasteiger partial charge on any atom is 0.408 e. The summed E-state index contributed by atoms with van der Waals surface area (Å²) in [6.07, 6.45) is 16.3. The Morgan fingerprint density at radius 2 is 0.810 bits per heavy atom. The first-order valence-corrected chi connectivity index (χ1v) is 34.2. The van der Waals surface area contributed by atoms with E-state index in [9.17, 15) is 24.0 Å². The van der Waals surface area contributed by atoms with Gasteiger partial charge in [-0.05, 0) is 180 Å². The van der Waals surface area contributed by atoms with Gasteiger partial charge in [0.15, 0.2) is 0 Å². The predicted octanol–water partition coefficient (Wildman–Crippen LogP) is 13.2. The zero-order valence-electron chi connectivity index (χ0n) is 59.6. The van der Waals surface area contributed by atoms with Gasteiger partial charge in [0, 0.05) is 117 Å². The number of nitrogens with two attached hydrogens (primary N) is 1. The van der Waals surface area contributed by atoms with Crippen LogP contribution in [0.25, 0.3) is 32.3 Å². The van der Waals surface area contributed by atoms with Crippen molar-refractivity contribution < 1.29 is 38.6 Å². The average molecular weight is 1380 g/mol. The number of hydrogen-bond donors (Lipinski definition) is 7. The average Bonchev–Trinajstić information content (AvgIpc) is 1.11. The molecular weight excluding hydrogens is 1280 g/mol. The second kappa shape index (κ2) is 43.2. The highest BCUT2D eigenvalue weighted by atomic mass is 35.5. The van der Waals surface area contributed by atoms with E-state index in [4.69, 9.17) is 20.3 Å². The van der Waals surface area contributed by atoms with Crippen LogP contribution in [0, 0.1) is 0 Å². The standard InChI is InChI=1S/C28H36N4O3.C23H28N4O.C22H26N2.C7H13NO4.ClH/c1-21(30-17-23-10-11-25-18-29-14-12-24(25)16-23)20-32(15-13-22-8-6-5-7-9-22)26(33)19-31-27(34)35-28(2,3)4;1-18(26-15-20-7-8-22-16-25-11-9-21(22)13-20)17-27(23(28)14-24)12-10-19-5-3-2-4-6-19;1-18(7-5-6-10-19-8-3-2-4-9-19)24-16-20-11-12-22-17-23-14-13-21(22)15-20;1-7(2,3)12-6(11)8-4-5(9)10;/h5-12,14,16,18,21,30H,13,15,17,19-20H2,1-4H3,(H,31,34);2-9,11,13,16,18,26H,10,12,14-15,17,24H2,1H3;2-4,8-9,11-15,17-18,24H,5-7,10,16H2,1H3;4H2,1-3H3,(H,8,11)(H,9,10);1H/t21-;2*18-;;/m111../s1. The lowest BCUT2D eigenvalue weighted by molar-refractivity contribution is -0.136. The van der Waals surface area contributed by atoms with Gasteiger partial charge in [-0.25, -0.2) is 9.59 Å². The number of carbonyl (C=O) groups is 5. The number of nitrogens with zero attached hydrogens (tertiary/aromatic N) is 5. The van der Waals surface area contributed by atoms with Crippen LogP contribution >= 0.6 is 12.4 Å². The van der Waals surface area contributed by atoms with Gasteiger partial charge >= 0.3 is 18.2 Å². The number of carboxylic acids is 1. The number of nitrogens with one attached hydrogen (secondary N) is 5. The SMILES string of the molecule is CC(C)(C)OC(=O)NCC(=O)O.C[C@H](CCCCc1ccccc1)NCc1ccc2cnccc2c1.C[C@H](CN(CCc1ccccc1)C(=O)CN)NCc1ccc2cnccc2c1.C[C@H](CN(CCc1ccccc1)C(=O)CNC(=O)OC(C)(C)C)NCc1ccc2cnccc2c1.Cl. The van der Waals surface area contributed by atoms with Crippen LogP contribution < -0.4 is 32.3 Å². The lowest BCUT2D eigenvalue weighted by atomic mass is 10.0. The third kappa shape index (κ3) is 32.5. The Bertz CT molecular complexity index is 3900. The topological polar surface area (TPSA) is 255 Å². The second-order valence-corrected chi connectivity index (χ2v) is 26.7. The van der Waals surface area contributed by atoms with E-state index in [0.717, 1.165) is 47.7 Å². The Labute approximate surface area is 597 Å². The van der Waals surface area contributed by atoms with E-state index >= 15 is 0 Å². The zero-order chi connectivity index (χ0) is 71.4. The van der Waals surface area contributed by atoms with Crippen molar-refractivity contribution in [2.24, 2.45) is 5.73 Å². The molecule has 9 aromatic rings. The van der Waals surface area contributed by atoms with Crippen molar-refractivity contribution in [3.05, 3.63) is 234 Å². The molecule has 0 saturated carbocycles. The van der Waals surface area contributed by atoms with Crippen LogP contribution in [-0.4, -0.2) is 135 Å². The number of fused-ring (bicyclic) bond motifs is 3. The number of amides is 4. The summed E-state index contributed by atoms with van der Waals surface area (Å²) in [4.78, 5) is 74.2. The lowest BCUT2D eigenvalue weighted by Crippen LogP contribution is -2.47. The predicted molar refractivity (Wildman–Crippen MR) is 404 cm³/mol. The van der Waals surface area contributed by atoms with E-state index in [2.05, 4.69) is 178 Å². The lowest BCUT2D eigenvalue weighted by Gasteiger charge is -2.27. The van der Waals surface area contributed by atoms with Gasteiger partial charge in [0.25, 0.3) is 0 Å². The van der Waals surface area contributed by atoms with Crippen molar-refractivity contribution in [2.75, 3.05) is 45.8 Å². The number of aromatic nitrogens is 3. The number of aliphatic carboxylic acids is 1. The van der Waals surface area contributed by atoms with Crippen LogP contribution in [0.15, 0.2) is 201 Å². The van der Waals surface area contributed by atoms with Crippen LogP contribution in [0.3, 0.4) is 0 Å². The number of pyridine rings is 3. The van der Waals surface area contributed by atoms with Crippen LogP contribution in [0.5, 0.6) is 0 Å². The van der Waals surface area contributed by atoms with Crippen LogP contribution in [0.2, 0.25) is 0 Å². The molecule has 0 spiro atoms. The third-order valence-corrected chi connectivity index (χ3v) is 15.7. The van der Waals surface area contributed by atoms with Crippen molar-refractivity contribution in [3.8, 4) is 0 Å². The van der Waals surface area contributed by atoms with Gasteiger partial charge < -0.3 is 56.7 Å². The first kappa shape index (κ1) is 81.3. The van der Waals surface area contributed by atoms with E-state index in [1.807, 2.05) is 84.4 Å². The number of carbonyl (C=O) groups excluding carboxylic acids is 4. The number of ether oxygens (including phenoxy) is 2. The van der Waals surface area contributed by atoms with Crippen molar-refractivity contribution in [3.63, 3.8) is 0 Å². The quantitative estimate of drug-likeness (QED) is 0.0215. The molecule has 0 saturated heterocycles. The molecule has 0 aliphatic rings. The van der Waals surface area contributed by atoms with Crippen LogP contribution in [0.1, 0.15) is 115 Å². The summed E-state index contributed by atoms with van der Waals surface area (Å²) in [6, 6.07) is 57.2. The summed E-state index contributed by atoms with van der Waals surface area (Å²) in [7, 11) is 0. The first-order valence-electron chi connectivity index (χ1n) is 34.2. The maximum atomic E-state index is 13.0. The highest BCUT2D eigenvalue weighted by Gasteiger charge is 2.22. The number of unbranched alkanes of at least 4 members (excludes halogenated alkanes) is 1. The number of benzene rings is 6. The van der Waals surface area contributed by atoms with Gasteiger partial charge in [-0.15, -0.1) is 12.4 Å². The molecule has 0 fully saturated rings. The molecule has 0 unspecified atom stereocenters. The minimum absolute atomic E-state index is 0. The van der Waals surface area contributed by atoms with E-state index < -0.39 is 35.9 Å². The zero-order valence-corrected chi connectivity index (χ0v) is 60.4. The van der Waals surface area contributed by atoms with E-state index in [0.29, 0.717) is 38.8 Å². The summed E-state index contributed by atoms with van der Waals surface area (Å²) in [5.41, 5.74) is 12.0. The number of halogens is 1. The summed E-state index contributed by atoms with van der Waals surface area (Å²) < 4.78 is 10.0. The number of aryl methyl sites for hydroxylation is 1. The third-order valence-electron chi connectivity index (χ3n) is 15.7. The van der Waals surface area contributed by atoms with Gasteiger partial charge in [0.05, 0.1) is 6.54 Å². The fourth-order valence-corrected chi connectivity index (χ4v) is 10.5. The Hall–Kier alpha value is -9.37. The molecule has 4 amide bonds. The second-order valence-electron chi connectivity index (χ2n) is 26.7. The molecule has 534 valence electrons. The molecule has 0 bridgehead atoms. The fraction of sp³-hybridized carbons (Fsp3) is 0.375. The molecule has 8 N–H and O–H groups in total. The molecule has 3 aromatic heterocycles. The minimum Gasteiger partial charge on any atom is -0.480 e. The smallest absolute Gasteiger partial charge is 0.408 e. The minimum atomic E-state index is -1.10. The van der Waals surface area contributed by atoms with Gasteiger partial charge in [-0.1, -0.05) is 134 Å². The Balaban J connectivity index is 0.000000252. The van der Waals surface area contributed by atoms with Crippen molar-refractivity contribution in [1.29, 1.82) is 0 Å². The highest BCUT2D eigenvalue weighted by molar-refractivity contribution is 5.86. The number of hydrogen-bond acceptors (Lipinski definition) is 14. The van der Waals surface area contributed by atoms with Gasteiger partial charge in [-0.3, -0.25) is 29.3 Å². The Morgan fingerprint density at radius 1 is 0.450 bits per heavy atom. The van der Waals surface area contributed by atoms with Crippen LogP contribution in [-0.2, 0) is 62.8 Å². The Morgan fingerprint density at radius 3 is 1.18 bits per heavy atom. The number of alkyl carbamates (subject to hydrolysis) is 2. The normalized spacial score (nSPS) is 11.9. The van der Waals surface area contributed by atoms with E-state index in [1.165, 1.54) is 69.7 Å². The number of carboxylic acid groups (broad SMARTS) is 1. The summed E-state index contributed by atoms with van der Waals surface area (Å²) in [5, 5.41) is 30.6. The molecule has 6 aromatic carbocycles. The maximum absolute atomic E-state index is 13.0. The monoisotopic (exact) mass is 1380 g/mol. The Kier molecular flexibility index (Phi) is 35.1. The van der Waals surface area contributed by atoms with Crippen molar-refractivity contribution >= 4 is 74.7 Å². The summed E-state index contributed by atoms with van der Waals surface area (Å²) in [5.74, 6) is -1.25. The molecule has 0 aliphatic carbocycles. The summed E-state index contributed by atoms with van der Waals surface area (Å²) in [6.45, 7) is 21.2. The van der Waals surface area contributed by atoms with Crippen LogP contribution in [0.4, 0.5) is 9.59 Å². The summed E-state index contributed by atoms with van der Waals surface area (Å²) >= 11 is 0. The van der Waals surface area contributed by atoms with Crippen molar-refractivity contribution in [1.82, 2.24) is 51.3 Å². The molecule has 0 radical (unpaired) electrons. The molecule has 9 rings (SSSR count). The molecule has 20 heteroatoms. The van der Waals surface area contributed by atoms with E-state index in [-0.39, 0.29) is 49.4 Å². The molecule has 0 aliphatic heterocycles. The first-order chi connectivity index (χ1) is 47.5. The fourth-order valence-electron chi connectivity index (χ4n) is 10.5. The molecular formula is C80H104ClN11O8. The molecule has 3 heterocycles. The molecule has 3 atom stereocenters. The van der Waals surface area contributed by atoms with Gasteiger partial charge in [0.2, 0.25) is 11.8 Å². The van der Waals surface area contributed by atoms with Gasteiger partial charge in [0.1, 0.15) is 24.3 Å². The van der Waals surface area contributed by atoms with Crippen molar-refractivity contribution in [2.45, 2.75) is 150 Å². The highest BCUT2D eigenvalue weighted by Crippen LogP contribution is 2.19. The largest absolute Gasteiger partial charge is 0.480 e. The van der Waals surface area contributed by atoms with Gasteiger partial charge in [-0.2, -0.15) is 0 Å². The van der Waals surface area contributed by atoms with E-state index in [1.54, 1.807) is 52.6 Å².